The monoisotopic (exact) mass is 294 g/mol. The SMILES string of the molecule is CCCC(C)CC(C)C(C)CC(C)C1CCCC(=O)CC1. The average molecular weight is 295 g/mol. The lowest BCUT2D eigenvalue weighted by Crippen LogP contribution is -2.19. The van der Waals surface area contributed by atoms with Crippen molar-refractivity contribution in [2.24, 2.45) is 29.6 Å². The van der Waals surface area contributed by atoms with Gasteiger partial charge in [-0.25, -0.2) is 0 Å². The highest BCUT2D eigenvalue weighted by atomic mass is 16.1. The van der Waals surface area contributed by atoms with Gasteiger partial charge in [-0.2, -0.15) is 0 Å². The van der Waals surface area contributed by atoms with Crippen LogP contribution in [0.2, 0.25) is 0 Å². The van der Waals surface area contributed by atoms with Gasteiger partial charge in [0, 0.05) is 12.8 Å². The number of Topliss-reactive ketones (excluding diaryl/α,β-unsaturated/α-hetero) is 1. The Labute approximate surface area is 133 Å². The molecule has 5 unspecified atom stereocenters. The van der Waals surface area contributed by atoms with E-state index in [1.807, 2.05) is 0 Å². The lowest BCUT2D eigenvalue weighted by molar-refractivity contribution is -0.118. The van der Waals surface area contributed by atoms with Crippen molar-refractivity contribution < 1.29 is 4.79 Å². The molecular weight excluding hydrogens is 256 g/mol. The molecule has 1 heteroatoms. The van der Waals surface area contributed by atoms with E-state index in [9.17, 15) is 4.79 Å². The first-order valence-electron chi connectivity index (χ1n) is 9.45. The van der Waals surface area contributed by atoms with Crippen LogP contribution in [0.25, 0.3) is 0 Å². The van der Waals surface area contributed by atoms with E-state index in [4.69, 9.17) is 0 Å². The molecule has 0 aromatic carbocycles. The minimum Gasteiger partial charge on any atom is -0.300 e. The van der Waals surface area contributed by atoms with Crippen LogP contribution in [-0.4, -0.2) is 5.78 Å². The quantitative estimate of drug-likeness (QED) is 0.483. The summed E-state index contributed by atoms with van der Waals surface area (Å²) < 4.78 is 0. The molecule has 0 aromatic heterocycles. The van der Waals surface area contributed by atoms with Crippen molar-refractivity contribution in [3.63, 3.8) is 0 Å². The van der Waals surface area contributed by atoms with E-state index in [0.29, 0.717) is 5.78 Å². The van der Waals surface area contributed by atoms with Crippen LogP contribution in [0.5, 0.6) is 0 Å². The van der Waals surface area contributed by atoms with Gasteiger partial charge in [-0.1, -0.05) is 47.5 Å². The summed E-state index contributed by atoms with van der Waals surface area (Å²) in [5, 5.41) is 0. The summed E-state index contributed by atoms with van der Waals surface area (Å²) in [5.74, 6) is 4.60. The molecule has 1 rings (SSSR count). The Morgan fingerprint density at radius 1 is 1.00 bits per heavy atom. The number of carbonyl (C=O) groups excluding carboxylic acids is 1. The zero-order valence-corrected chi connectivity index (χ0v) is 15.2. The fourth-order valence-corrected chi connectivity index (χ4v) is 4.24. The molecule has 1 aliphatic rings. The maximum atomic E-state index is 11.6. The molecule has 0 spiro atoms. The largest absolute Gasteiger partial charge is 0.300 e. The molecule has 0 bridgehead atoms. The summed E-state index contributed by atoms with van der Waals surface area (Å²) in [4.78, 5) is 11.6. The Morgan fingerprint density at radius 2 is 1.67 bits per heavy atom. The Morgan fingerprint density at radius 3 is 2.33 bits per heavy atom. The standard InChI is InChI=1S/C20H38O/c1-6-8-15(2)13-16(3)17(4)14-18(5)19-9-7-10-20(21)12-11-19/h15-19H,6-14H2,1-5H3. The number of rotatable bonds is 8. The van der Waals surface area contributed by atoms with Crippen molar-refractivity contribution in [2.75, 3.05) is 0 Å². The van der Waals surface area contributed by atoms with Gasteiger partial charge in [0.05, 0.1) is 0 Å². The van der Waals surface area contributed by atoms with E-state index in [1.54, 1.807) is 0 Å². The maximum absolute atomic E-state index is 11.6. The molecule has 0 radical (unpaired) electrons. The molecule has 0 saturated heterocycles. The summed E-state index contributed by atoms with van der Waals surface area (Å²) in [6.07, 6.45) is 10.6. The zero-order chi connectivity index (χ0) is 15.8. The second kappa shape index (κ2) is 9.64. The predicted molar refractivity (Wildman–Crippen MR) is 92.4 cm³/mol. The van der Waals surface area contributed by atoms with Crippen LogP contribution < -0.4 is 0 Å². The zero-order valence-electron chi connectivity index (χ0n) is 15.2. The summed E-state index contributed by atoms with van der Waals surface area (Å²) in [5.41, 5.74) is 0. The van der Waals surface area contributed by atoms with Gasteiger partial charge in [0.25, 0.3) is 0 Å². The second-order valence-corrected chi connectivity index (χ2v) is 8.03. The van der Waals surface area contributed by atoms with E-state index >= 15 is 0 Å². The first kappa shape index (κ1) is 18.7. The van der Waals surface area contributed by atoms with Crippen LogP contribution in [0.1, 0.15) is 92.4 Å². The first-order chi connectivity index (χ1) is 9.93. The van der Waals surface area contributed by atoms with Gasteiger partial charge in [0.2, 0.25) is 0 Å². The fraction of sp³-hybridized carbons (Fsp3) is 0.950. The van der Waals surface area contributed by atoms with Crippen LogP contribution in [0.15, 0.2) is 0 Å². The Kier molecular flexibility index (Phi) is 8.59. The van der Waals surface area contributed by atoms with E-state index in [1.165, 1.54) is 32.1 Å². The summed E-state index contributed by atoms with van der Waals surface area (Å²) in [7, 11) is 0. The van der Waals surface area contributed by atoms with Gasteiger partial charge >= 0.3 is 0 Å². The van der Waals surface area contributed by atoms with Crippen molar-refractivity contribution in [1.29, 1.82) is 0 Å². The van der Waals surface area contributed by atoms with Gasteiger partial charge in [0.1, 0.15) is 5.78 Å². The van der Waals surface area contributed by atoms with Crippen molar-refractivity contribution in [3.05, 3.63) is 0 Å². The van der Waals surface area contributed by atoms with Crippen LogP contribution in [0.4, 0.5) is 0 Å². The number of hydrogen-bond donors (Lipinski definition) is 0. The lowest BCUT2D eigenvalue weighted by Gasteiger charge is -2.29. The Hall–Kier alpha value is -0.330. The third kappa shape index (κ3) is 6.98. The molecule has 1 nitrogen and oxygen atoms in total. The van der Waals surface area contributed by atoms with Gasteiger partial charge in [-0.3, -0.25) is 4.79 Å². The third-order valence-electron chi connectivity index (χ3n) is 5.90. The minimum atomic E-state index is 0.500. The Balaban J connectivity index is 2.37. The molecule has 0 aliphatic heterocycles. The van der Waals surface area contributed by atoms with E-state index in [0.717, 1.165) is 55.3 Å². The smallest absolute Gasteiger partial charge is 0.132 e. The van der Waals surface area contributed by atoms with Gasteiger partial charge in [-0.15, -0.1) is 0 Å². The fourth-order valence-electron chi connectivity index (χ4n) is 4.24. The summed E-state index contributed by atoms with van der Waals surface area (Å²) >= 11 is 0. The van der Waals surface area contributed by atoms with E-state index in [2.05, 4.69) is 34.6 Å². The topological polar surface area (TPSA) is 17.1 Å². The first-order valence-corrected chi connectivity index (χ1v) is 9.45. The van der Waals surface area contributed by atoms with E-state index in [-0.39, 0.29) is 0 Å². The Bertz CT molecular complexity index is 296. The molecular formula is C20H38O. The average Bonchev–Trinajstić information content (AvgIpc) is 2.63. The molecule has 0 amide bonds. The molecule has 0 N–H and O–H groups in total. The van der Waals surface area contributed by atoms with Gasteiger partial charge in [-0.05, 0) is 61.7 Å². The highest BCUT2D eigenvalue weighted by molar-refractivity contribution is 5.78. The number of hydrogen-bond acceptors (Lipinski definition) is 1. The molecule has 1 saturated carbocycles. The molecule has 124 valence electrons. The molecule has 0 aromatic rings. The number of ketones is 1. The molecule has 0 heterocycles. The van der Waals surface area contributed by atoms with Crippen LogP contribution >= 0.6 is 0 Å². The number of carbonyl (C=O) groups is 1. The second-order valence-electron chi connectivity index (χ2n) is 8.03. The van der Waals surface area contributed by atoms with Crippen molar-refractivity contribution >= 4 is 5.78 Å². The maximum Gasteiger partial charge on any atom is 0.132 e. The van der Waals surface area contributed by atoms with Crippen molar-refractivity contribution in [1.82, 2.24) is 0 Å². The van der Waals surface area contributed by atoms with Gasteiger partial charge < -0.3 is 0 Å². The van der Waals surface area contributed by atoms with E-state index < -0.39 is 0 Å². The van der Waals surface area contributed by atoms with Crippen LogP contribution in [0.3, 0.4) is 0 Å². The highest BCUT2D eigenvalue weighted by Crippen LogP contribution is 2.34. The molecule has 1 fully saturated rings. The normalized spacial score (nSPS) is 26.0. The third-order valence-corrected chi connectivity index (χ3v) is 5.90. The highest BCUT2D eigenvalue weighted by Gasteiger charge is 2.25. The molecule has 1 aliphatic carbocycles. The van der Waals surface area contributed by atoms with Crippen molar-refractivity contribution in [3.8, 4) is 0 Å². The summed E-state index contributed by atoms with van der Waals surface area (Å²) in [6, 6.07) is 0. The van der Waals surface area contributed by atoms with Crippen LogP contribution in [0, 0.1) is 29.6 Å². The van der Waals surface area contributed by atoms with Gasteiger partial charge in [0.15, 0.2) is 0 Å². The molecule has 21 heavy (non-hydrogen) atoms. The lowest BCUT2D eigenvalue weighted by atomic mass is 9.76. The van der Waals surface area contributed by atoms with Crippen LogP contribution in [-0.2, 0) is 4.79 Å². The predicted octanol–water partition coefficient (Wildman–Crippen LogP) is 6.26. The minimum absolute atomic E-state index is 0.500. The van der Waals surface area contributed by atoms with Crippen molar-refractivity contribution in [2.45, 2.75) is 92.4 Å². The molecule has 5 atom stereocenters. The summed E-state index contributed by atoms with van der Waals surface area (Å²) in [6.45, 7) is 12.0.